The highest BCUT2D eigenvalue weighted by Gasteiger charge is 2.47. The van der Waals surface area contributed by atoms with E-state index in [0.29, 0.717) is 27.2 Å². The standard InChI is InChI=1S/C25H21BrN2O4/c1-14-10-15(2)12-17(11-14)28-22(19-6-4-5-9-27-19)21(24(30)25(28)31)23(29)16-7-8-20(32-3)18(26)13-16/h4-13,22,29H,1-3H3/b23-21-. The zero-order valence-electron chi connectivity index (χ0n) is 17.8. The van der Waals surface area contributed by atoms with Gasteiger partial charge in [0.15, 0.2) is 0 Å². The lowest BCUT2D eigenvalue weighted by Crippen LogP contribution is -2.30. The van der Waals surface area contributed by atoms with Gasteiger partial charge in [0.05, 0.1) is 22.8 Å². The molecule has 0 bridgehead atoms. The molecule has 162 valence electrons. The van der Waals surface area contributed by atoms with E-state index in [9.17, 15) is 14.7 Å². The Bertz CT molecular complexity index is 1230. The van der Waals surface area contributed by atoms with Gasteiger partial charge in [-0.1, -0.05) is 12.1 Å². The van der Waals surface area contributed by atoms with Crippen molar-refractivity contribution in [2.45, 2.75) is 19.9 Å². The summed E-state index contributed by atoms with van der Waals surface area (Å²) in [6, 6.07) is 15.1. The van der Waals surface area contributed by atoms with Crippen molar-refractivity contribution in [2.24, 2.45) is 0 Å². The molecule has 2 aromatic carbocycles. The van der Waals surface area contributed by atoms with E-state index in [1.165, 1.54) is 12.0 Å². The van der Waals surface area contributed by atoms with Crippen molar-refractivity contribution < 1.29 is 19.4 Å². The van der Waals surface area contributed by atoms with Gasteiger partial charge in [-0.05, 0) is 83.4 Å². The fourth-order valence-electron chi connectivity index (χ4n) is 3.98. The van der Waals surface area contributed by atoms with Gasteiger partial charge in [0, 0.05) is 17.4 Å². The van der Waals surface area contributed by atoms with Crippen LogP contribution in [-0.4, -0.2) is 28.9 Å². The molecule has 1 fully saturated rings. The summed E-state index contributed by atoms with van der Waals surface area (Å²) in [5.74, 6) is -1.16. The van der Waals surface area contributed by atoms with E-state index in [-0.39, 0.29) is 11.3 Å². The number of halogens is 1. The van der Waals surface area contributed by atoms with Crippen LogP contribution < -0.4 is 9.64 Å². The number of carbonyl (C=O) groups excluding carboxylic acids is 2. The second-order valence-corrected chi connectivity index (χ2v) is 8.47. The SMILES string of the molecule is COc1ccc(/C(O)=C2/C(=O)C(=O)N(c3cc(C)cc(C)c3)C2c2ccccn2)cc1Br. The second-order valence-electron chi connectivity index (χ2n) is 7.62. The molecule has 6 nitrogen and oxygen atoms in total. The minimum absolute atomic E-state index is 0.00933. The second kappa shape index (κ2) is 8.59. The number of amides is 1. The first-order valence-electron chi connectivity index (χ1n) is 9.96. The van der Waals surface area contributed by atoms with Gasteiger partial charge in [0.1, 0.15) is 17.6 Å². The smallest absolute Gasteiger partial charge is 0.300 e. The number of hydrogen-bond donors (Lipinski definition) is 1. The van der Waals surface area contributed by atoms with Crippen molar-refractivity contribution in [1.82, 2.24) is 4.98 Å². The maximum atomic E-state index is 13.2. The van der Waals surface area contributed by atoms with Gasteiger partial charge in [-0.15, -0.1) is 0 Å². The van der Waals surface area contributed by atoms with Crippen molar-refractivity contribution >= 4 is 39.1 Å². The van der Waals surface area contributed by atoms with E-state index in [0.717, 1.165) is 11.1 Å². The van der Waals surface area contributed by atoms with Gasteiger partial charge < -0.3 is 9.84 Å². The Labute approximate surface area is 194 Å². The molecule has 1 aromatic heterocycles. The number of aryl methyl sites for hydroxylation is 2. The van der Waals surface area contributed by atoms with Crippen molar-refractivity contribution in [2.75, 3.05) is 12.0 Å². The van der Waals surface area contributed by atoms with Gasteiger partial charge in [0.25, 0.3) is 11.7 Å². The van der Waals surface area contributed by atoms with Crippen molar-refractivity contribution in [1.29, 1.82) is 0 Å². The van der Waals surface area contributed by atoms with Gasteiger partial charge in [-0.3, -0.25) is 19.5 Å². The lowest BCUT2D eigenvalue weighted by Gasteiger charge is -2.25. The molecule has 1 saturated heterocycles. The Hall–Kier alpha value is -3.45. The van der Waals surface area contributed by atoms with Crippen LogP contribution in [0.2, 0.25) is 0 Å². The summed E-state index contributed by atoms with van der Waals surface area (Å²) in [5, 5.41) is 11.2. The van der Waals surface area contributed by atoms with Crippen LogP contribution in [0.25, 0.3) is 5.76 Å². The van der Waals surface area contributed by atoms with Crippen LogP contribution in [0.4, 0.5) is 5.69 Å². The maximum Gasteiger partial charge on any atom is 0.300 e. The van der Waals surface area contributed by atoms with Crippen LogP contribution in [0.15, 0.2) is 70.8 Å². The first-order valence-corrected chi connectivity index (χ1v) is 10.7. The van der Waals surface area contributed by atoms with Gasteiger partial charge in [0.2, 0.25) is 0 Å². The fraction of sp³-hybridized carbons (Fsp3) is 0.160. The van der Waals surface area contributed by atoms with E-state index in [2.05, 4.69) is 20.9 Å². The molecular weight excluding hydrogens is 472 g/mol. The van der Waals surface area contributed by atoms with Gasteiger partial charge in [-0.2, -0.15) is 0 Å². The number of rotatable bonds is 4. The molecule has 1 atom stereocenters. The van der Waals surface area contributed by atoms with E-state index in [1.807, 2.05) is 32.0 Å². The third-order valence-corrected chi connectivity index (χ3v) is 5.94. The summed E-state index contributed by atoms with van der Waals surface area (Å²) >= 11 is 3.40. The van der Waals surface area contributed by atoms with E-state index in [4.69, 9.17) is 4.74 Å². The summed E-state index contributed by atoms with van der Waals surface area (Å²) in [7, 11) is 1.54. The molecule has 4 rings (SSSR count). The quantitative estimate of drug-likeness (QED) is 0.311. The van der Waals surface area contributed by atoms with Crippen LogP contribution in [0, 0.1) is 13.8 Å². The summed E-state index contributed by atoms with van der Waals surface area (Å²) in [6.45, 7) is 3.86. The fourth-order valence-corrected chi connectivity index (χ4v) is 4.52. The summed E-state index contributed by atoms with van der Waals surface area (Å²) in [4.78, 5) is 32.2. The number of pyridine rings is 1. The number of carbonyl (C=O) groups is 2. The number of aromatic nitrogens is 1. The molecule has 32 heavy (non-hydrogen) atoms. The topological polar surface area (TPSA) is 79.7 Å². The van der Waals surface area contributed by atoms with E-state index >= 15 is 0 Å². The molecule has 2 heterocycles. The molecule has 0 radical (unpaired) electrons. The number of ketones is 1. The Morgan fingerprint density at radius 2 is 1.78 bits per heavy atom. The number of aliphatic hydroxyl groups is 1. The number of aliphatic hydroxyl groups excluding tert-OH is 1. The minimum Gasteiger partial charge on any atom is -0.507 e. The molecule has 1 N–H and O–H groups in total. The molecule has 0 saturated carbocycles. The molecule has 7 heteroatoms. The summed E-state index contributed by atoms with van der Waals surface area (Å²) in [6.07, 6.45) is 1.60. The summed E-state index contributed by atoms with van der Waals surface area (Å²) < 4.78 is 5.86. The number of nitrogens with zero attached hydrogens (tertiary/aromatic N) is 2. The normalized spacial score (nSPS) is 17.6. The number of benzene rings is 2. The van der Waals surface area contributed by atoms with Crippen molar-refractivity contribution in [3.05, 3.63) is 93.2 Å². The molecule has 1 aliphatic rings. The Kier molecular flexibility index (Phi) is 5.84. The van der Waals surface area contributed by atoms with Gasteiger partial charge >= 0.3 is 0 Å². The Morgan fingerprint density at radius 3 is 2.38 bits per heavy atom. The molecule has 1 amide bonds. The Morgan fingerprint density at radius 1 is 1.06 bits per heavy atom. The molecule has 1 unspecified atom stereocenters. The predicted molar refractivity (Wildman–Crippen MR) is 126 cm³/mol. The highest BCUT2D eigenvalue weighted by atomic mass is 79.9. The van der Waals surface area contributed by atoms with E-state index < -0.39 is 17.7 Å². The first-order chi connectivity index (χ1) is 15.3. The number of anilines is 1. The molecule has 1 aliphatic heterocycles. The molecule has 0 aliphatic carbocycles. The highest BCUT2D eigenvalue weighted by molar-refractivity contribution is 9.10. The van der Waals surface area contributed by atoms with Crippen molar-refractivity contribution in [3.8, 4) is 5.75 Å². The monoisotopic (exact) mass is 492 g/mol. The van der Waals surface area contributed by atoms with Crippen LogP contribution in [0.5, 0.6) is 5.75 Å². The third-order valence-electron chi connectivity index (χ3n) is 5.32. The van der Waals surface area contributed by atoms with Crippen LogP contribution >= 0.6 is 15.9 Å². The van der Waals surface area contributed by atoms with E-state index in [1.54, 1.807) is 42.6 Å². The summed E-state index contributed by atoms with van der Waals surface area (Å²) in [5.41, 5.74) is 3.36. The average molecular weight is 493 g/mol. The molecule has 0 spiro atoms. The minimum atomic E-state index is -0.863. The zero-order valence-corrected chi connectivity index (χ0v) is 19.4. The van der Waals surface area contributed by atoms with Crippen LogP contribution in [0.1, 0.15) is 28.4 Å². The Balaban J connectivity index is 1.95. The average Bonchev–Trinajstić information content (AvgIpc) is 3.04. The largest absolute Gasteiger partial charge is 0.507 e. The lowest BCUT2D eigenvalue weighted by atomic mass is 9.98. The van der Waals surface area contributed by atoms with Crippen molar-refractivity contribution in [3.63, 3.8) is 0 Å². The van der Waals surface area contributed by atoms with Crippen LogP contribution in [-0.2, 0) is 9.59 Å². The number of Topliss-reactive ketones (excluding diaryl/α,β-unsaturated/α-hetero) is 1. The van der Waals surface area contributed by atoms with Crippen LogP contribution in [0.3, 0.4) is 0 Å². The molecule has 3 aromatic rings. The number of ether oxygens (including phenoxy) is 1. The predicted octanol–water partition coefficient (Wildman–Crippen LogP) is 5.10. The highest BCUT2D eigenvalue weighted by Crippen LogP contribution is 2.42. The number of hydrogen-bond acceptors (Lipinski definition) is 5. The first kappa shape index (κ1) is 21.8. The van der Waals surface area contributed by atoms with Gasteiger partial charge in [-0.25, -0.2) is 0 Å². The number of methoxy groups -OCH3 is 1. The molecular formula is C25H21BrN2O4. The third kappa shape index (κ3) is 3.80. The maximum absolute atomic E-state index is 13.2. The zero-order chi connectivity index (χ0) is 23.0. The lowest BCUT2D eigenvalue weighted by molar-refractivity contribution is -0.132.